The topological polar surface area (TPSA) is 179 Å². The molecule has 3 amide bonds. The second-order valence-corrected chi connectivity index (χ2v) is 9.13. The number of nitrogens with zero attached hydrogens (tertiary/aromatic N) is 1. The molecule has 0 spiro atoms. The summed E-state index contributed by atoms with van der Waals surface area (Å²) in [6, 6.07) is -3.98. The third kappa shape index (κ3) is 8.30. The number of carboxylic acids is 2. The summed E-state index contributed by atoms with van der Waals surface area (Å²) in [7, 11) is 0. The third-order valence-electron chi connectivity index (χ3n) is 5.30. The molecule has 12 heteroatoms. The van der Waals surface area contributed by atoms with Crippen LogP contribution in [0.2, 0.25) is 0 Å². The first-order valence-corrected chi connectivity index (χ1v) is 12.0. The van der Waals surface area contributed by atoms with Crippen molar-refractivity contribution in [1.82, 2.24) is 15.5 Å². The number of carbonyl (C=O) groups excluding carboxylic acids is 3. The van der Waals surface area contributed by atoms with E-state index in [1.165, 1.54) is 16.7 Å². The molecule has 1 aliphatic heterocycles. The van der Waals surface area contributed by atoms with Gasteiger partial charge in [-0.2, -0.15) is 11.8 Å². The lowest BCUT2D eigenvalue weighted by atomic mass is 10.0. The van der Waals surface area contributed by atoms with Crippen molar-refractivity contribution in [2.75, 3.05) is 18.6 Å². The lowest BCUT2D eigenvalue weighted by Gasteiger charge is -2.30. The fourth-order valence-corrected chi connectivity index (χ4v) is 3.94. The average molecular weight is 475 g/mol. The standard InChI is InChI=1S/C20H34N4O7S/c1-11(2)16(20(30)31)23-18(28)14-5-4-9-24(14)19(29)13(6-7-15(25)26)22-17(27)12(21)8-10-32-3/h11-14,16H,4-10,21H2,1-3H3,(H,22,27)(H,23,28)(H,25,26)(H,30,31). The van der Waals surface area contributed by atoms with E-state index in [2.05, 4.69) is 10.6 Å². The van der Waals surface area contributed by atoms with E-state index >= 15 is 0 Å². The van der Waals surface area contributed by atoms with Crippen molar-refractivity contribution in [1.29, 1.82) is 0 Å². The second kappa shape index (κ2) is 13.3. The average Bonchev–Trinajstić information content (AvgIpc) is 3.21. The third-order valence-corrected chi connectivity index (χ3v) is 5.94. The normalized spacial score (nSPS) is 18.7. The number of likely N-dealkylation sites (tertiary alicyclic amines) is 1. The van der Waals surface area contributed by atoms with Crippen molar-refractivity contribution in [2.24, 2.45) is 11.7 Å². The van der Waals surface area contributed by atoms with Gasteiger partial charge in [0.2, 0.25) is 17.7 Å². The highest BCUT2D eigenvalue weighted by Crippen LogP contribution is 2.20. The molecule has 6 N–H and O–H groups in total. The van der Waals surface area contributed by atoms with Gasteiger partial charge in [0.15, 0.2) is 0 Å². The number of hydrogen-bond donors (Lipinski definition) is 5. The number of rotatable bonds is 13. The zero-order valence-corrected chi connectivity index (χ0v) is 19.5. The van der Waals surface area contributed by atoms with E-state index in [-0.39, 0.29) is 25.3 Å². The molecular formula is C20H34N4O7S. The molecule has 4 atom stereocenters. The van der Waals surface area contributed by atoms with E-state index < -0.39 is 53.8 Å². The van der Waals surface area contributed by atoms with Crippen LogP contribution in [0.4, 0.5) is 0 Å². The number of carboxylic acid groups (broad SMARTS) is 2. The quantitative estimate of drug-likeness (QED) is 0.238. The zero-order valence-electron chi connectivity index (χ0n) is 18.7. The molecule has 1 fully saturated rings. The highest BCUT2D eigenvalue weighted by molar-refractivity contribution is 7.98. The van der Waals surface area contributed by atoms with Gasteiger partial charge in [0.05, 0.1) is 6.04 Å². The predicted octanol–water partition coefficient (Wildman–Crippen LogP) is -0.367. The van der Waals surface area contributed by atoms with Crippen molar-refractivity contribution in [3.05, 3.63) is 0 Å². The molecule has 0 saturated carbocycles. The van der Waals surface area contributed by atoms with Gasteiger partial charge in [-0.05, 0) is 43.6 Å². The van der Waals surface area contributed by atoms with Crippen molar-refractivity contribution in [3.8, 4) is 0 Å². The Bertz CT molecular complexity index is 703. The highest BCUT2D eigenvalue weighted by atomic mass is 32.2. The Labute approximate surface area is 191 Å². The van der Waals surface area contributed by atoms with E-state index in [1.54, 1.807) is 13.8 Å². The number of nitrogens with one attached hydrogen (secondary N) is 2. The van der Waals surface area contributed by atoms with Crippen molar-refractivity contribution in [3.63, 3.8) is 0 Å². The van der Waals surface area contributed by atoms with E-state index in [9.17, 15) is 29.1 Å². The molecule has 32 heavy (non-hydrogen) atoms. The maximum absolute atomic E-state index is 13.2. The summed E-state index contributed by atoms with van der Waals surface area (Å²) < 4.78 is 0. The number of amides is 3. The van der Waals surface area contributed by atoms with Crippen molar-refractivity contribution >= 4 is 41.4 Å². The second-order valence-electron chi connectivity index (χ2n) is 8.14. The van der Waals surface area contributed by atoms with Crippen LogP contribution in [0.5, 0.6) is 0 Å². The highest BCUT2D eigenvalue weighted by Gasteiger charge is 2.39. The fourth-order valence-electron chi connectivity index (χ4n) is 3.45. The van der Waals surface area contributed by atoms with Gasteiger partial charge in [-0.1, -0.05) is 13.8 Å². The summed E-state index contributed by atoms with van der Waals surface area (Å²) in [4.78, 5) is 62.1. The Morgan fingerprint density at radius 2 is 1.78 bits per heavy atom. The number of carbonyl (C=O) groups is 5. The van der Waals surface area contributed by atoms with Gasteiger partial charge >= 0.3 is 11.9 Å². The Hall–Kier alpha value is -2.34. The monoisotopic (exact) mass is 474 g/mol. The maximum atomic E-state index is 13.2. The van der Waals surface area contributed by atoms with Crippen LogP contribution in [0.1, 0.15) is 46.0 Å². The number of aliphatic carboxylic acids is 2. The van der Waals surface area contributed by atoms with Crippen LogP contribution < -0.4 is 16.4 Å². The van der Waals surface area contributed by atoms with Gasteiger partial charge in [0, 0.05) is 13.0 Å². The molecule has 1 aliphatic rings. The Morgan fingerprint density at radius 3 is 2.31 bits per heavy atom. The summed E-state index contributed by atoms with van der Waals surface area (Å²) >= 11 is 1.52. The van der Waals surface area contributed by atoms with E-state index in [0.29, 0.717) is 25.0 Å². The molecule has 1 rings (SSSR count). The van der Waals surface area contributed by atoms with Crippen LogP contribution in [0.15, 0.2) is 0 Å². The van der Waals surface area contributed by atoms with Gasteiger partial charge in [-0.25, -0.2) is 4.79 Å². The summed E-state index contributed by atoms with van der Waals surface area (Å²) in [5.41, 5.74) is 5.86. The Balaban J connectivity index is 2.95. The summed E-state index contributed by atoms with van der Waals surface area (Å²) in [6.45, 7) is 3.57. The van der Waals surface area contributed by atoms with E-state index in [1.807, 2.05) is 6.26 Å². The van der Waals surface area contributed by atoms with Crippen molar-refractivity contribution < 1.29 is 34.2 Å². The van der Waals surface area contributed by atoms with Gasteiger partial charge in [-0.15, -0.1) is 0 Å². The first-order valence-electron chi connectivity index (χ1n) is 10.6. The molecule has 1 saturated heterocycles. The molecule has 182 valence electrons. The minimum atomic E-state index is -1.17. The predicted molar refractivity (Wildman–Crippen MR) is 119 cm³/mol. The molecule has 1 heterocycles. The molecule has 0 aromatic heterocycles. The van der Waals surface area contributed by atoms with Gasteiger partial charge in [0.25, 0.3) is 0 Å². The SMILES string of the molecule is CSCCC(N)C(=O)NC(CCC(=O)O)C(=O)N1CCCC1C(=O)NC(C(=O)O)C(C)C. The molecule has 0 aromatic rings. The fraction of sp³-hybridized carbons (Fsp3) is 0.750. The molecule has 0 radical (unpaired) electrons. The summed E-state index contributed by atoms with van der Waals surface area (Å²) in [5.74, 6) is -3.73. The molecule has 0 aromatic carbocycles. The first kappa shape index (κ1) is 27.7. The molecule has 4 unspecified atom stereocenters. The number of nitrogens with two attached hydrogens (primary N) is 1. The van der Waals surface area contributed by atoms with Crippen LogP contribution in [0.3, 0.4) is 0 Å². The van der Waals surface area contributed by atoms with Crippen LogP contribution in [0.25, 0.3) is 0 Å². The maximum Gasteiger partial charge on any atom is 0.326 e. The van der Waals surface area contributed by atoms with Crippen molar-refractivity contribution in [2.45, 2.75) is 70.1 Å². The largest absolute Gasteiger partial charge is 0.481 e. The molecule has 0 aliphatic carbocycles. The minimum Gasteiger partial charge on any atom is -0.481 e. The number of hydrogen-bond acceptors (Lipinski definition) is 7. The van der Waals surface area contributed by atoms with Crippen LogP contribution in [-0.4, -0.2) is 87.5 Å². The molecule has 11 nitrogen and oxygen atoms in total. The van der Waals surface area contributed by atoms with Gasteiger partial charge < -0.3 is 31.5 Å². The molecular weight excluding hydrogens is 440 g/mol. The first-order chi connectivity index (χ1) is 15.0. The lowest BCUT2D eigenvalue weighted by molar-refractivity contribution is -0.146. The number of thioether (sulfide) groups is 1. The molecule has 0 bridgehead atoms. The Kier molecular flexibility index (Phi) is 11.5. The zero-order chi connectivity index (χ0) is 24.4. The van der Waals surface area contributed by atoms with E-state index in [4.69, 9.17) is 10.8 Å². The van der Waals surface area contributed by atoms with E-state index in [0.717, 1.165) is 0 Å². The minimum absolute atomic E-state index is 0.149. The van der Waals surface area contributed by atoms with Crippen LogP contribution in [0, 0.1) is 5.92 Å². The smallest absolute Gasteiger partial charge is 0.326 e. The summed E-state index contributed by atoms with van der Waals surface area (Å²) in [6.07, 6.45) is 2.63. The van der Waals surface area contributed by atoms with Crippen LogP contribution >= 0.6 is 11.8 Å². The van der Waals surface area contributed by atoms with Crippen LogP contribution in [-0.2, 0) is 24.0 Å². The lowest BCUT2D eigenvalue weighted by Crippen LogP contribution is -2.57. The van der Waals surface area contributed by atoms with Gasteiger partial charge in [0.1, 0.15) is 18.1 Å². The van der Waals surface area contributed by atoms with Gasteiger partial charge in [-0.3, -0.25) is 19.2 Å². The Morgan fingerprint density at radius 1 is 1.12 bits per heavy atom. The summed E-state index contributed by atoms with van der Waals surface area (Å²) in [5, 5.41) is 23.4.